The van der Waals surface area contributed by atoms with Gasteiger partial charge in [0.15, 0.2) is 0 Å². The van der Waals surface area contributed by atoms with Crippen molar-refractivity contribution in [3.05, 3.63) is 25.3 Å². The summed E-state index contributed by atoms with van der Waals surface area (Å²) in [6, 6.07) is 0. The lowest BCUT2D eigenvalue weighted by Crippen LogP contribution is -2.11. The SMILES string of the molecule is C=CCC(C)(BC#N)C=C. The van der Waals surface area contributed by atoms with Gasteiger partial charge >= 0.3 is 0 Å². The first-order chi connectivity index (χ1) is 4.68. The predicted octanol–water partition coefficient (Wildman–Crippen LogP) is 1.84. The van der Waals surface area contributed by atoms with Crippen LogP contribution in [0, 0.1) is 11.2 Å². The molecule has 0 aliphatic carbocycles. The molecule has 52 valence electrons. The zero-order chi connectivity index (χ0) is 8.04. The molecule has 0 bridgehead atoms. The normalized spacial score (nSPS) is 14.4. The van der Waals surface area contributed by atoms with E-state index in [0.29, 0.717) is 7.28 Å². The molecule has 0 fully saturated rings. The van der Waals surface area contributed by atoms with E-state index in [2.05, 4.69) is 19.1 Å². The van der Waals surface area contributed by atoms with Gasteiger partial charge in [-0.2, -0.15) is 0 Å². The van der Waals surface area contributed by atoms with E-state index in [0.717, 1.165) is 6.42 Å². The Kier molecular flexibility index (Phi) is 3.57. The summed E-state index contributed by atoms with van der Waals surface area (Å²) in [5, 5.41) is 8.35. The van der Waals surface area contributed by atoms with E-state index < -0.39 is 0 Å². The summed E-state index contributed by atoms with van der Waals surface area (Å²) in [4.78, 5) is 0. The van der Waals surface area contributed by atoms with Gasteiger partial charge in [0, 0.05) is 0 Å². The Morgan fingerprint density at radius 3 is 2.60 bits per heavy atom. The minimum Gasteiger partial charge on any atom is -0.213 e. The highest BCUT2D eigenvalue weighted by Crippen LogP contribution is 2.29. The molecule has 0 saturated heterocycles. The molecule has 0 heterocycles. The van der Waals surface area contributed by atoms with Crippen LogP contribution >= 0.6 is 0 Å². The summed E-state index contributed by atoms with van der Waals surface area (Å²) in [6.45, 7) is 9.29. The highest BCUT2D eigenvalue weighted by molar-refractivity contribution is 6.49. The first-order valence-electron chi connectivity index (χ1n) is 3.30. The monoisotopic (exact) mass is 133 g/mol. The highest BCUT2D eigenvalue weighted by atomic mass is 14.2. The van der Waals surface area contributed by atoms with Crippen molar-refractivity contribution < 1.29 is 0 Å². The van der Waals surface area contributed by atoms with Gasteiger partial charge in [-0.15, -0.1) is 13.2 Å². The van der Waals surface area contributed by atoms with Crippen LogP contribution in [-0.4, -0.2) is 7.28 Å². The Balaban J connectivity index is 4.09. The first-order valence-corrected chi connectivity index (χ1v) is 3.30. The summed E-state index contributed by atoms with van der Waals surface area (Å²) >= 11 is 0. The molecule has 1 nitrogen and oxygen atoms in total. The molecule has 1 unspecified atom stereocenters. The maximum Gasteiger partial charge on any atom is 0.260 e. The molecule has 0 N–H and O–H groups in total. The lowest BCUT2D eigenvalue weighted by Gasteiger charge is -2.18. The number of nitriles is 1. The predicted molar refractivity (Wildman–Crippen MR) is 46.1 cm³/mol. The molecular weight excluding hydrogens is 121 g/mol. The van der Waals surface area contributed by atoms with E-state index in [9.17, 15) is 0 Å². The second kappa shape index (κ2) is 3.95. The van der Waals surface area contributed by atoms with Crippen LogP contribution in [0.1, 0.15) is 13.3 Å². The summed E-state index contributed by atoms with van der Waals surface area (Å²) in [7, 11) is 0.516. The summed E-state index contributed by atoms with van der Waals surface area (Å²) in [5.41, 5.74) is 0. The Bertz CT molecular complexity index is 169. The summed E-state index contributed by atoms with van der Waals surface area (Å²) in [5.74, 6) is 2.12. The van der Waals surface area contributed by atoms with Crippen molar-refractivity contribution >= 4 is 7.28 Å². The molecular formula is C8H12BN. The van der Waals surface area contributed by atoms with E-state index >= 15 is 0 Å². The van der Waals surface area contributed by atoms with Crippen LogP contribution in [0.15, 0.2) is 25.3 Å². The van der Waals surface area contributed by atoms with Crippen molar-refractivity contribution in [2.24, 2.45) is 0 Å². The van der Waals surface area contributed by atoms with Crippen molar-refractivity contribution in [2.75, 3.05) is 0 Å². The van der Waals surface area contributed by atoms with Crippen LogP contribution in [0.2, 0.25) is 5.31 Å². The average molecular weight is 133 g/mol. The Hall–Kier alpha value is -0.965. The van der Waals surface area contributed by atoms with Crippen molar-refractivity contribution in [3.63, 3.8) is 0 Å². The molecule has 0 spiro atoms. The first kappa shape index (κ1) is 9.03. The number of hydrogen-bond acceptors (Lipinski definition) is 1. The fraction of sp³-hybridized carbons (Fsp3) is 0.375. The van der Waals surface area contributed by atoms with Gasteiger partial charge < -0.3 is 0 Å². The van der Waals surface area contributed by atoms with E-state index in [-0.39, 0.29) is 5.31 Å². The number of allylic oxidation sites excluding steroid dienone is 2. The van der Waals surface area contributed by atoms with Gasteiger partial charge in [0.2, 0.25) is 0 Å². The lowest BCUT2D eigenvalue weighted by atomic mass is 9.53. The second-order valence-electron chi connectivity index (χ2n) is 2.69. The minimum absolute atomic E-state index is 0.0729. The van der Waals surface area contributed by atoms with E-state index in [1.165, 1.54) is 0 Å². The number of rotatable bonds is 4. The van der Waals surface area contributed by atoms with Gasteiger partial charge in [0.1, 0.15) is 0 Å². The second-order valence-corrected chi connectivity index (χ2v) is 2.69. The molecule has 1 atom stereocenters. The Morgan fingerprint density at radius 2 is 2.30 bits per heavy atom. The zero-order valence-corrected chi connectivity index (χ0v) is 6.43. The third kappa shape index (κ3) is 2.54. The van der Waals surface area contributed by atoms with Crippen molar-refractivity contribution in [1.82, 2.24) is 0 Å². The third-order valence-corrected chi connectivity index (χ3v) is 1.59. The molecule has 0 amide bonds. The van der Waals surface area contributed by atoms with Gasteiger partial charge in [0.25, 0.3) is 7.28 Å². The summed E-state index contributed by atoms with van der Waals surface area (Å²) in [6.07, 6.45) is 4.46. The van der Waals surface area contributed by atoms with Gasteiger partial charge in [0.05, 0.1) is 0 Å². The standard InChI is InChI=1S/C8H12BN/c1-4-6-8(3,5-2)9-7-10/h4-5,9H,1-2,6H2,3H3. The molecule has 0 saturated carbocycles. The van der Waals surface area contributed by atoms with Crippen LogP contribution in [0.25, 0.3) is 0 Å². The maximum absolute atomic E-state index is 8.43. The molecule has 0 aromatic rings. The smallest absolute Gasteiger partial charge is 0.213 e. The molecule has 0 rings (SSSR count). The maximum atomic E-state index is 8.43. The number of hydrogen-bond donors (Lipinski definition) is 0. The van der Waals surface area contributed by atoms with E-state index in [1.54, 1.807) is 0 Å². The largest absolute Gasteiger partial charge is 0.260 e. The van der Waals surface area contributed by atoms with Crippen LogP contribution in [0.3, 0.4) is 0 Å². The molecule has 0 aliphatic rings. The van der Waals surface area contributed by atoms with Crippen molar-refractivity contribution in [1.29, 1.82) is 5.26 Å². The quantitative estimate of drug-likeness (QED) is 0.424. The third-order valence-electron chi connectivity index (χ3n) is 1.59. The number of nitrogens with zero attached hydrogens (tertiary/aromatic N) is 1. The van der Waals surface area contributed by atoms with Gasteiger partial charge in [-0.25, -0.2) is 5.26 Å². The fourth-order valence-electron chi connectivity index (χ4n) is 0.738. The minimum atomic E-state index is -0.0729. The summed E-state index contributed by atoms with van der Waals surface area (Å²) < 4.78 is 0. The van der Waals surface area contributed by atoms with Crippen LogP contribution in [-0.2, 0) is 0 Å². The van der Waals surface area contributed by atoms with E-state index in [4.69, 9.17) is 5.26 Å². The van der Waals surface area contributed by atoms with Gasteiger partial charge in [-0.1, -0.05) is 19.1 Å². The topological polar surface area (TPSA) is 23.8 Å². The molecule has 0 aromatic carbocycles. The molecule has 0 radical (unpaired) electrons. The fourth-order valence-corrected chi connectivity index (χ4v) is 0.738. The molecule has 2 heteroatoms. The zero-order valence-electron chi connectivity index (χ0n) is 6.43. The van der Waals surface area contributed by atoms with Crippen LogP contribution < -0.4 is 0 Å². The van der Waals surface area contributed by atoms with Gasteiger partial charge in [-0.05, 0) is 17.7 Å². The van der Waals surface area contributed by atoms with Crippen molar-refractivity contribution in [2.45, 2.75) is 18.7 Å². The highest BCUT2D eigenvalue weighted by Gasteiger charge is 2.19. The van der Waals surface area contributed by atoms with Crippen LogP contribution in [0.5, 0.6) is 0 Å². The molecule has 0 aliphatic heterocycles. The Morgan fingerprint density at radius 1 is 1.70 bits per heavy atom. The van der Waals surface area contributed by atoms with Crippen LogP contribution in [0.4, 0.5) is 0 Å². The molecule has 10 heavy (non-hydrogen) atoms. The molecule has 0 aromatic heterocycles. The van der Waals surface area contributed by atoms with Crippen molar-refractivity contribution in [3.8, 4) is 5.97 Å². The lowest BCUT2D eigenvalue weighted by molar-refractivity contribution is 0.769. The Labute approximate surface area is 63.3 Å². The average Bonchev–Trinajstić information content (AvgIpc) is 1.89. The van der Waals surface area contributed by atoms with E-state index in [1.807, 2.05) is 19.1 Å². The van der Waals surface area contributed by atoms with Gasteiger partial charge in [-0.3, -0.25) is 0 Å².